The van der Waals surface area contributed by atoms with Gasteiger partial charge in [-0.15, -0.1) is 0 Å². The molecule has 4 aliphatic heterocycles. The van der Waals surface area contributed by atoms with Gasteiger partial charge in [-0.05, 0) is 71.8 Å². The number of aromatic nitrogens is 1. The van der Waals surface area contributed by atoms with E-state index in [9.17, 15) is 24.9 Å². The number of carbonyl (C=O) groups excluding carboxylic acids is 2. The Labute approximate surface area is 401 Å². The molecule has 0 radical (unpaired) electrons. The van der Waals surface area contributed by atoms with Crippen molar-refractivity contribution < 1.29 is 72.4 Å². The zero-order valence-corrected chi connectivity index (χ0v) is 41.3. The highest BCUT2D eigenvalue weighted by Crippen LogP contribution is 2.36. The molecule has 68 heavy (non-hydrogen) atoms. The molecule has 3 saturated heterocycles. The number of hydrogen-bond donors (Lipinski definition) is 4. The molecule has 0 aliphatic carbocycles. The van der Waals surface area contributed by atoms with E-state index in [4.69, 9.17) is 47.5 Å². The van der Waals surface area contributed by atoms with Crippen molar-refractivity contribution >= 4 is 17.5 Å². The maximum absolute atomic E-state index is 14.1. The molecule has 1 unspecified atom stereocenters. The lowest BCUT2D eigenvalue weighted by molar-refractivity contribution is -0.305. The van der Waals surface area contributed by atoms with Crippen molar-refractivity contribution in [1.29, 1.82) is 0 Å². The molecule has 5 rings (SSSR count). The van der Waals surface area contributed by atoms with Crippen LogP contribution in [0.1, 0.15) is 59.6 Å². The summed E-state index contributed by atoms with van der Waals surface area (Å²) < 4.78 is 55.3. The topological polar surface area (TPSA) is 228 Å². The number of fused-ring (bicyclic) bond motifs is 3. The molecule has 4 N–H and O–H groups in total. The van der Waals surface area contributed by atoms with E-state index in [1.165, 1.54) is 14.2 Å². The smallest absolute Gasteiger partial charge is 0.308 e. The Bertz CT molecular complexity index is 1770. The number of carbonyl (C=O) groups is 2. The number of methoxy groups -OCH3 is 2. The molecule has 19 heteroatoms. The summed E-state index contributed by atoms with van der Waals surface area (Å²) in [5.74, 6) is -2.53. The van der Waals surface area contributed by atoms with Crippen LogP contribution in [0, 0.1) is 23.7 Å². The van der Waals surface area contributed by atoms with E-state index < -0.39 is 97.3 Å². The summed E-state index contributed by atoms with van der Waals surface area (Å²) >= 11 is 0. The molecule has 5 heterocycles. The van der Waals surface area contributed by atoms with Crippen molar-refractivity contribution in [2.75, 3.05) is 81.0 Å². The molecule has 0 spiro atoms. The van der Waals surface area contributed by atoms with Crippen molar-refractivity contribution in [3.63, 3.8) is 0 Å². The average molecular weight is 963 g/mol. The largest absolute Gasteiger partial charge is 0.465 e. The average Bonchev–Trinajstić information content (AvgIpc) is 3.33. The number of nitrogens with one attached hydrogen (secondary N) is 1. The minimum absolute atomic E-state index is 0.0326. The van der Waals surface area contributed by atoms with Crippen LogP contribution in [-0.2, 0) is 63.5 Å². The molecular weight excluding hydrogens is 885 g/mol. The standard InChI is InChI=1S/C49H78N4O15/c1-29-13-14-38(54)30(2)23-35-16-20-61-27-37(52-65-21-19-50-18-15-36-12-10-11-17-51-36)28-62-39(31(3)45(35)68-48-44(58)41(53(6)7)42(56)32(4)66-48)24-40(55)63-25-34(22-29)26-64-49-47(60-9)46(59-8)43(57)33(5)67-49/h10-14,17,22,30-35,39,41-50,56-58H,15-16,18-21,23-28H2,1-9H3/b14-13+,29-22+,52-37+/t30-,31+,32-,33-,34+,35?,39-,41+,42-,43-,44-,45-,46-,47-,48+,49-/m1/s1. The summed E-state index contributed by atoms with van der Waals surface area (Å²) in [5, 5.41) is 41.1. The van der Waals surface area contributed by atoms with Gasteiger partial charge in [0.1, 0.15) is 36.7 Å². The predicted octanol–water partition coefficient (Wildman–Crippen LogP) is 2.24. The third-order valence-electron chi connectivity index (χ3n) is 13.2. The molecular formula is C49H78N4O15. The van der Waals surface area contributed by atoms with Crippen molar-refractivity contribution in [3.05, 3.63) is 53.9 Å². The summed E-state index contributed by atoms with van der Waals surface area (Å²) in [6, 6.07) is 5.12. The zero-order chi connectivity index (χ0) is 49.3. The van der Waals surface area contributed by atoms with Crippen molar-refractivity contribution in [2.45, 2.75) is 134 Å². The number of rotatable bonds is 15. The van der Waals surface area contributed by atoms with Gasteiger partial charge in [-0.1, -0.05) is 42.8 Å². The van der Waals surface area contributed by atoms with Crippen LogP contribution in [0.5, 0.6) is 0 Å². The van der Waals surface area contributed by atoms with Crippen molar-refractivity contribution in [1.82, 2.24) is 15.2 Å². The fraction of sp³-hybridized carbons (Fsp3) is 0.755. The van der Waals surface area contributed by atoms with Gasteiger partial charge in [-0.25, -0.2) is 0 Å². The first-order valence-electron chi connectivity index (χ1n) is 24.0. The number of pyridine rings is 1. The minimum atomic E-state index is -1.25. The van der Waals surface area contributed by atoms with E-state index in [1.807, 2.05) is 45.0 Å². The van der Waals surface area contributed by atoms with E-state index in [1.54, 1.807) is 51.2 Å². The lowest BCUT2D eigenvalue weighted by Crippen LogP contribution is -2.63. The Morgan fingerprint density at radius 3 is 2.38 bits per heavy atom. The first-order chi connectivity index (χ1) is 32.6. The molecule has 16 atom stereocenters. The number of oxime groups is 1. The van der Waals surface area contributed by atoms with Crippen molar-refractivity contribution in [3.8, 4) is 0 Å². The number of esters is 1. The summed E-state index contributed by atoms with van der Waals surface area (Å²) in [5.41, 5.74) is 2.20. The lowest BCUT2D eigenvalue weighted by atomic mass is 9.79. The van der Waals surface area contributed by atoms with Gasteiger partial charge >= 0.3 is 5.97 Å². The van der Waals surface area contributed by atoms with Gasteiger partial charge in [0.2, 0.25) is 0 Å². The monoisotopic (exact) mass is 963 g/mol. The van der Waals surface area contributed by atoms with Crippen LogP contribution in [-0.4, -0.2) is 197 Å². The van der Waals surface area contributed by atoms with Crippen LogP contribution in [0.2, 0.25) is 0 Å². The van der Waals surface area contributed by atoms with Gasteiger partial charge < -0.3 is 73.0 Å². The van der Waals surface area contributed by atoms with Gasteiger partial charge in [-0.2, -0.15) is 0 Å². The van der Waals surface area contributed by atoms with E-state index in [2.05, 4.69) is 15.5 Å². The van der Waals surface area contributed by atoms with E-state index >= 15 is 0 Å². The van der Waals surface area contributed by atoms with Gasteiger partial charge in [0.05, 0.1) is 69.4 Å². The molecule has 3 fully saturated rings. The Kier molecular flexibility index (Phi) is 22.9. The van der Waals surface area contributed by atoms with Gasteiger partial charge in [0.15, 0.2) is 18.4 Å². The summed E-state index contributed by atoms with van der Waals surface area (Å²) in [6.07, 6.45) is -1.26. The van der Waals surface area contributed by atoms with E-state index in [-0.39, 0.29) is 57.8 Å². The van der Waals surface area contributed by atoms with Crippen LogP contribution >= 0.6 is 0 Å². The van der Waals surface area contributed by atoms with Crippen LogP contribution in [0.3, 0.4) is 0 Å². The third-order valence-corrected chi connectivity index (χ3v) is 13.2. The van der Waals surface area contributed by atoms with Gasteiger partial charge in [0, 0.05) is 70.0 Å². The molecule has 19 nitrogen and oxygen atoms in total. The quantitative estimate of drug-likeness (QED) is 0.112. The fourth-order valence-corrected chi connectivity index (χ4v) is 9.24. The molecule has 0 aromatic carbocycles. The first kappa shape index (κ1) is 55.6. The lowest BCUT2D eigenvalue weighted by Gasteiger charge is -2.47. The molecule has 1 aromatic rings. The summed E-state index contributed by atoms with van der Waals surface area (Å²) in [7, 11) is 6.51. The number of likely N-dealkylation sites (N-methyl/N-ethyl adjacent to an activating group) is 1. The Hall–Kier alpha value is -3.28. The van der Waals surface area contributed by atoms with Crippen LogP contribution < -0.4 is 5.32 Å². The SMILES string of the molecule is CO[C@@H]1[C@H](O)[C@@H](C)O[C@@H](OC[C@H]2/C=C(C)/C=C/C(=O)[C@H](C)CC3CCOC/C(=N\OCCNCCc4ccccn4)CO[C@H](CC(=O)OC2)[C@H](C)[C@H]3O[C@@H]2O[C@H](C)[C@@H](O)[C@H](N(C)C)[C@H]2O)[C@@H]1OC. The van der Waals surface area contributed by atoms with Crippen LogP contribution in [0.15, 0.2) is 53.4 Å². The second-order valence-corrected chi connectivity index (χ2v) is 18.7. The molecule has 2 bridgehead atoms. The molecule has 1 aromatic heterocycles. The summed E-state index contributed by atoms with van der Waals surface area (Å²) in [4.78, 5) is 39.8. The van der Waals surface area contributed by atoms with Gasteiger partial charge in [-0.3, -0.25) is 14.6 Å². The molecule has 0 amide bonds. The number of ether oxygens (including phenoxy) is 9. The van der Waals surface area contributed by atoms with Gasteiger partial charge in [0.25, 0.3) is 0 Å². The number of ketones is 1. The number of nitrogens with zero attached hydrogens (tertiary/aromatic N) is 3. The predicted molar refractivity (Wildman–Crippen MR) is 249 cm³/mol. The highest BCUT2D eigenvalue weighted by Gasteiger charge is 2.48. The van der Waals surface area contributed by atoms with E-state index in [0.717, 1.165) is 17.7 Å². The van der Waals surface area contributed by atoms with Crippen LogP contribution in [0.25, 0.3) is 0 Å². The normalized spacial score (nSPS) is 38.1. The van der Waals surface area contributed by atoms with E-state index in [0.29, 0.717) is 31.6 Å². The second-order valence-electron chi connectivity index (χ2n) is 18.7. The number of aliphatic hydroxyl groups excluding tert-OH is 3. The Morgan fingerprint density at radius 1 is 0.912 bits per heavy atom. The minimum Gasteiger partial charge on any atom is -0.465 e. The van der Waals surface area contributed by atoms with Crippen LogP contribution in [0.4, 0.5) is 0 Å². The summed E-state index contributed by atoms with van der Waals surface area (Å²) in [6.45, 7) is 10.9. The number of aliphatic hydroxyl groups is 3. The highest BCUT2D eigenvalue weighted by atomic mass is 16.7. The molecule has 384 valence electrons. The maximum Gasteiger partial charge on any atom is 0.308 e. The second kappa shape index (κ2) is 27.9. The first-order valence-corrected chi connectivity index (χ1v) is 24.0. The maximum atomic E-state index is 14.1. The molecule has 4 aliphatic rings. The number of hydrogen-bond acceptors (Lipinski definition) is 19. The third kappa shape index (κ3) is 16.1. The fourth-order valence-electron chi connectivity index (χ4n) is 9.24. The van der Waals surface area contributed by atoms with Crippen molar-refractivity contribution in [2.24, 2.45) is 28.8 Å². The molecule has 0 saturated carbocycles. The Morgan fingerprint density at radius 2 is 1.66 bits per heavy atom. The number of cyclic esters (lactones) is 1. The number of allylic oxidation sites excluding steroid dienone is 3. The Balaban J connectivity index is 1.41. The highest BCUT2D eigenvalue weighted by molar-refractivity contribution is 5.91. The zero-order valence-electron chi connectivity index (χ0n) is 41.3.